The predicted octanol–water partition coefficient (Wildman–Crippen LogP) is 2.75. The van der Waals surface area contributed by atoms with Gasteiger partial charge in [-0.1, -0.05) is 39.5 Å². The van der Waals surface area contributed by atoms with E-state index in [1.807, 2.05) is 0 Å². The Morgan fingerprint density at radius 1 is 1.19 bits per heavy atom. The highest BCUT2D eigenvalue weighted by atomic mass is 16.4. The SMILES string of the molecule is CCN(CC)C(C(=O)O)C1CCCCCC1. The first-order valence-electron chi connectivity index (χ1n) is 6.67. The Kier molecular flexibility index (Phi) is 5.81. The van der Waals surface area contributed by atoms with Crippen molar-refractivity contribution in [2.75, 3.05) is 13.1 Å². The van der Waals surface area contributed by atoms with E-state index in [0.717, 1.165) is 25.9 Å². The van der Waals surface area contributed by atoms with Crippen molar-refractivity contribution >= 4 is 5.97 Å². The molecule has 1 unspecified atom stereocenters. The maximum Gasteiger partial charge on any atom is 0.321 e. The van der Waals surface area contributed by atoms with Crippen LogP contribution in [0.15, 0.2) is 0 Å². The van der Waals surface area contributed by atoms with Crippen LogP contribution < -0.4 is 0 Å². The van der Waals surface area contributed by atoms with Crippen LogP contribution in [0.25, 0.3) is 0 Å². The van der Waals surface area contributed by atoms with Gasteiger partial charge in [-0.05, 0) is 31.8 Å². The lowest BCUT2D eigenvalue weighted by atomic mass is 9.90. The largest absolute Gasteiger partial charge is 0.480 e. The summed E-state index contributed by atoms with van der Waals surface area (Å²) in [4.78, 5) is 13.5. The smallest absolute Gasteiger partial charge is 0.321 e. The van der Waals surface area contributed by atoms with Crippen molar-refractivity contribution < 1.29 is 9.90 Å². The van der Waals surface area contributed by atoms with Crippen LogP contribution >= 0.6 is 0 Å². The zero-order chi connectivity index (χ0) is 12.0. The van der Waals surface area contributed by atoms with Gasteiger partial charge >= 0.3 is 5.97 Å². The molecule has 1 rings (SSSR count). The molecule has 16 heavy (non-hydrogen) atoms. The second-order valence-corrected chi connectivity index (χ2v) is 4.76. The van der Waals surface area contributed by atoms with Crippen LogP contribution in [0.3, 0.4) is 0 Å². The van der Waals surface area contributed by atoms with E-state index < -0.39 is 5.97 Å². The first-order valence-corrected chi connectivity index (χ1v) is 6.67. The summed E-state index contributed by atoms with van der Waals surface area (Å²) >= 11 is 0. The highest BCUT2D eigenvalue weighted by Gasteiger charge is 2.32. The Balaban J connectivity index is 2.70. The van der Waals surface area contributed by atoms with Crippen LogP contribution in [0.1, 0.15) is 52.4 Å². The minimum absolute atomic E-state index is 0.256. The fourth-order valence-electron chi connectivity index (χ4n) is 2.90. The van der Waals surface area contributed by atoms with Gasteiger partial charge in [0.25, 0.3) is 0 Å². The van der Waals surface area contributed by atoms with E-state index in [2.05, 4.69) is 18.7 Å². The molecule has 0 bridgehead atoms. The molecule has 1 N–H and O–H groups in total. The van der Waals surface area contributed by atoms with Crippen LogP contribution in [0.5, 0.6) is 0 Å². The molecular weight excluding hydrogens is 202 g/mol. The standard InChI is InChI=1S/C13H25NO2/c1-3-14(4-2)12(13(15)16)11-9-7-5-6-8-10-11/h11-12H,3-10H2,1-2H3,(H,15,16). The van der Waals surface area contributed by atoms with Crippen molar-refractivity contribution in [3.63, 3.8) is 0 Å². The van der Waals surface area contributed by atoms with Gasteiger partial charge in [0, 0.05) is 0 Å². The van der Waals surface area contributed by atoms with Gasteiger partial charge in [0.15, 0.2) is 0 Å². The van der Waals surface area contributed by atoms with Crippen molar-refractivity contribution in [1.29, 1.82) is 0 Å². The van der Waals surface area contributed by atoms with Crippen LogP contribution in [-0.2, 0) is 4.79 Å². The number of carboxylic acids is 1. The summed E-state index contributed by atoms with van der Waals surface area (Å²) < 4.78 is 0. The summed E-state index contributed by atoms with van der Waals surface area (Å²) in [6.07, 6.45) is 7.15. The zero-order valence-corrected chi connectivity index (χ0v) is 10.6. The number of carboxylic acid groups (broad SMARTS) is 1. The molecule has 94 valence electrons. The van der Waals surface area contributed by atoms with Crippen LogP contribution in [0.2, 0.25) is 0 Å². The normalized spacial score (nSPS) is 20.7. The van der Waals surface area contributed by atoms with Crippen molar-refractivity contribution in [3.05, 3.63) is 0 Å². The monoisotopic (exact) mass is 227 g/mol. The molecule has 0 aromatic heterocycles. The van der Waals surface area contributed by atoms with Gasteiger partial charge in [-0.3, -0.25) is 9.69 Å². The van der Waals surface area contributed by atoms with Crippen molar-refractivity contribution in [2.24, 2.45) is 5.92 Å². The summed E-state index contributed by atoms with van der Waals surface area (Å²) in [5.41, 5.74) is 0. The molecule has 0 heterocycles. The molecule has 1 aliphatic rings. The second-order valence-electron chi connectivity index (χ2n) is 4.76. The maximum atomic E-state index is 11.4. The van der Waals surface area contributed by atoms with Gasteiger partial charge in [0.05, 0.1) is 0 Å². The van der Waals surface area contributed by atoms with Gasteiger partial charge in [0.2, 0.25) is 0 Å². The van der Waals surface area contributed by atoms with E-state index in [1.165, 1.54) is 25.7 Å². The second kappa shape index (κ2) is 6.89. The first kappa shape index (κ1) is 13.5. The Labute approximate surface area is 98.8 Å². The van der Waals surface area contributed by atoms with Gasteiger partial charge in [-0.2, -0.15) is 0 Å². The Bertz CT molecular complexity index is 206. The molecule has 0 radical (unpaired) electrons. The summed E-state index contributed by atoms with van der Waals surface area (Å²) in [5, 5.41) is 9.41. The first-order chi connectivity index (χ1) is 7.70. The molecule has 0 aromatic rings. The molecule has 1 fully saturated rings. The Morgan fingerprint density at radius 2 is 1.69 bits per heavy atom. The number of hydrogen-bond donors (Lipinski definition) is 1. The van der Waals surface area contributed by atoms with E-state index in [9.17, 15) is 9.90 Å². The molecule has 0 aromatic carbocycles. The van der Waals surface area contributed by atoms with E-state index in [4.69, 9.17) is 0 Å². The lowest BCUT2D eigenvalue weighted by Crippen LogP contribution is -2.46. The van der Waals surface area contributed by atoms with E-state index in [1.54, 1.807) is 0 Å². The fourth-order valence-corrected chi connectivity index (χ4v) is 2.90. The minimum atomic E-state index is -0.629. The van der Waals surface area contributed by atoms with Crippen molar-refractivity contribution in [3.8, 4) is 0 Å². The van der Waals surface area contributed by atoms with Crippen molar-refractivity contribution in [1.82, 2.24) is 4.90 Å². The topological polar surface area (TPSA) is 40.5 Å². The molecule has 0 spiro atoms. The lowest BCUT2D eigenvalue weighted by molar-refractivity contribution is -0.145. The summed E-state index contributed by atoms with van der Waals surface area (Å²) in [6.45, 7) is 5.78. The van der Waals surface area contributed by atoms with Crippen molar-refractivity contribution in [2.45, 2.75) is 58.4 Å². The molecule has 1 aliphatic carbocycles. The number of aliphatic carboxylic acids is 1. The van der Waals surface area contributed by atoms with Crippen LogP contribution in [0, 0.1) is 5.92 Å². The third-order valence-electron chi connectivity index (χ3n) is 3.81. The van der Waals surface area contributed by atoms with E-state index in [-0.39, 0.29) is 6.04 Å². The molecule has 0 saturated heterocycles. The molecule has 3 nitrogen and oxygen atoms in total. The summed E-state index contributed by atoms with van der Waals surface area (Å²) in [5.74, 6) is -0.268. The predicted molar refractivity (Wildman–Crippen MR) is 65.5 cm³/mol. The minimum Gasteiger partial charge on any atom is -0.480 e. The van der Waals surface area contributed by atoms with E-state index >= 15 is 0 Å². The van der Waals surface area contributed by atoms with Crippen LogP contribution in [0.4, 0.5) is 0 Å². The van der Waals surface area contributed by atoms with Gasteiger partial charge in [-0.15, -0.1) is 0 Å². The number of nitrogens with zero attached hydrogens (tertiary/aromatic N) is 1. The molecular formula is C13H25NO2. The van der Waals surface area contributed by atoms with Crippen LogP contribution in [-0.4, -0.2) is 35.1 Å². The molecule has 1 atom stereocenters. The molecule has 1 saturated carbocycles. The average Bonchev–Trinajstić information content (AvgIpc) is 2.53. The number of hydrogen-bond acceptors (Lipinski definition) is 2. The van der Waals surface area contributed by atoms with E-state index in [0.29, 0.717) is 5.92 Å². The third kappa shape index (κ3) is 3.48. The Hall–Kier alpha value is -0.570. The summed E-state index contributed by atoms with van der Waals surface area (Å²) in [6, 6.07) is -0.256. The third-order valence-corrected chi connectivity index (χ3v) is 3.81. The quantitative estimate of drug-likeness (QED) is 0.734. The maximum absolute atomic E-state index is 11.4. The number of likely N-dealkylation sites (N-methyl/N-ethyl adjacent to an activating group) is 1. The van der Waals surface area contributed by atoms with Gasteiger partial charge in [0.1, 0.15) is 6.04 Å². The molecule has 0 amide bonds. The van der Waals surface area contributed by atoms with Gasteiger partial charge < -0.3 is 5.11 Å². The molecule has 3 heteroatoms. The number of rotatable bonds is 5. The highest BCUT2D eigenvalue weighted by Crippen LogP contribution is 2.28. The average molecular weight is 227 g/mol. The zero-order valence-electron chi connectivity index (χ0n) is 10.6. The molecule has 0 aliphatic heterocycles. The fraction of sp³-hybridized carbons (Fsp3) is 0.923. The lowest BCUT2D eigenvalue weighted by Gasteiger charge is -2.32. The number of carbonyl (C=O) groups is 1. The summed E-state index contributed by atoms with van der Waals surface area (Å²) in [7, 11) is 0. The van der Waals surface area contributed by atoms with Gasteiger partial charge in [-0.25, -0.2) is 0 Å². The highest BCUT2D eigenvalue weighted by molar-refractivity contribution is 5.73. The Morgan fingerprint density at radius 3 is 2.06 bits per heavy atom.